The summed E-state index contributed by atoms with van der Waals surface area (Å²) >= 11 is 0. The monoisotopic (exact) mass is 280 g/mol. The molecule has 1 heteroatoms. The highest BCUT2D eigenvalue weighted by atomic mass is 19.1. The van der Waals surface area contributed by atoms with Gasteiger partial charge in [0.15, 0.2) is 0 Å². The Morgan fingerprint density at radius 2 is 1.43 bits per heavy atom. The molecule has 2 rings (SSSR count). The van der Waals surface area contributed by atoms with Crippen LogP contribution in [0.5, 0.6) is 0 Å². The fraction of sp³-hybridized carbons (Fsp3) is 0.200. The highest BCUT2D eigenvalue weighted by molar-refractivity contribution is 5.63. The number of rotatable bonds is 6. The largest absolute Gasteiger partial charge is 0.207 e. The smallest absolute Gasteiger partial charge is 0.123 e. The Morgan fingerprint density at radius 1 is 0.810 bits per heavy atom. The highest BCUT2D eigenvalue weighted by Crippen LogP contribution is 2.20. The Morgan fingerprint density at radius 3 is 2.05 bits per heavy atom. The summed E-state index contributed by atoms with van der Waals surface area (Å²) in [6, 6.07) is 15.1. The van der Waals surface area contributed by atoms with E-state index in [9.17, 15) is 4.39 Å². The minimum atomic E-state index is -0.194. The molecular weight excluding hydrogens is 259 g/mol. The van der Waals surface area contributed by atoms with E-state index in [1.54, 1.807) is 0 Å². The van der Waals surface area contributed by atoms with Gasteiger partial charge in [-0.1, -0.05) is 60.7 Å². The van der Waals surface area contributed by atoms with Crippen molar-refractivity contribution in [3.8, 4) is 11.1 Å². The van der Waals surface area contributed by atoms with Gasteiger partial charge in [0, 0.05) is 0 Å². The van der Waals surface area contributed by atoms with E-state index in [-0.39, 0.29) is 5.82 Å². The summed E-state index contributed by atoms with van der Waals surface area (Å²) in [7, 11) is 0. The quantitative estimate of drug-likeness (QED) is 0.574. The second-order valence-corrected chi connectivity index (χ2v) is 5.02. The molecule has 0 fully saturated rings. The van der Waals surface area contributed by atoms with E-state index in [0.717, 1.165) is 30.4 Å². The highest BCUT2D eigenvalue weighted by Gasteiger charge is 1.98. The van der Waals surface area contributed by atoms with Crippen molar-refractivity contribution in [3.05, 3.63) is 84.2 Å². The fourth-order valence-electron chi connectivity index (χ4n) is 2.18. The zero-order valence-corrected chi connectivity index (χ0v) is 12.4. The number of hydrogen-bond acceptors (Lipinski definition) is 0. The lowest BCUT2D eigenvalue weighted by Crippen LogP contribution is -1.84. The first-order valence-corrected chi connectivity index (χ1v) is 7.40. The number of benzene rings is 2. The maximum atomic E-state index is 12.9. The van der Waals surface area contributed by atoms with Crippen LogP contribution in [0.15, 0.2) is 72.8 Å². The molecule has 0 aliphatic carbocycles. The molecule has 0 aliphatic rings. The van der Waals surface area contributed by atoms with Crippen LogP contribution in [0.4, 0.5) is 4.39 Å². The molecular formula is C20H21F. The maximum absolute atomic E-state index is 12.9. The van der Waals surface area contributed by atoms with Crippen molar-refractivity contribution in [2.75, 3.05) is 0 Å². The minimum Gasteiger partial charge on any atom is -0.207 e. The van der Waals surface area contributed by atoms with Crippen LogP contribution in [0.1, 0.15) is 25.3 Å². The van der Waals surface area contributed by atoms with E-state index in [4.69, 9.17) is 0 Å². The van der Waals surface area contributed by atoms with Gasteiger partial charge >= 0.3 is 0 Å². The van der Waals surface area contributed by atoms with Crippen LogP contribution in [0, 0.1) is 5.82 Å². The van der Waals surface area contributed by atoms with Crippen molar-refractivity contribution in [2.24, 2.45) is 0 Å². The van der Waals surface area contributed by atoms with E-state index in [1.165, 1.54) is 17.7 Å². The first kappa shape index (κ1) is 15.2. The van der Waals surface area contributed by atoms with E-state index in [0.29, 0.717) is 0 Å². The normalized spacial score (nSPS) is 11.5. The van der Waals surface area contributed by atoms with Gasteiger partial charge in [-0.15, -0.1) is 0 Å². The van der Waals surface area contributed by atoms with Gasteiger partial charge in [-0.2, -0.15) is 0 Å². The molecule has 0 nitrogen and oxygen atoms in total. The van der Waals surface area contributed by atoms with Gasteiger partial charge in [-0.3, -0.25) is 0 Å². The molecule has 0 aliphatic heterocycles. The first-order valence-electron chi connectivity index (χ1n) is 7.40. The molecule has 0 amide bonds. The van der Waals surface area contributed by atoms with E-state index in [2.05, 4.69) is 48.6 Å². The van der Waals surface area contributed by atoms with Gasteiger partial charge in [0.1, 0.15) is 5.82 Å². The second kappa shape index (κ2) is 8.21. The lowest BCUT2D eigenvalue weighted by molar-refractivity contribution is 0.628. The number of aryl methyl sites for hydroxylation is 1. The standard InChI is InChI=1S/C20H21F/c1-2-3-4-5-6-7-8-17-9-11-18(12-10-17)19-13-15-20(21)16-14-19/h2-3,5-6,9-16H,4,7-8H2,1H3/b3-2-,6-5+. The molecule has 0 atom stereocenters. The summed E-state index contributed by atoms with van der Waals surface area (Å²) in [5, 5.41) is 0. The third kappa shape index (κ3) is 5.03. The number of halogens is 1. The number of hydrogen-bond donors (Lipinski definition) is 0. The summed E-state index contributed by atoms with van der Waals surface area (Å²) in [4.78, 5) is 0. The van der Waals surface area contributed by atoms with Crippen molar-refractivity contribution in [1.29, 1.82) is 0 Å². The Kier molecular flexibility index (Phi) is 5.96. The van der Waals surface area contributed by atoms with Gasteiger partial charge in [-0.25, -0.2) is 4.39 Å². The van der Waals surface area contributed by atoms with Gasteiger partial charge in [0.05, 0.1) is 0 Å². The Hall–Kier alpha value is -2.15. The Bertz CT molecular complexity index is 589. The zero-order valence-electron chi connectivity index (χ0n) is 12.4. The summed E-state index contributed by atoms with van der Waals surface area (Å²) in [5.41, 5.74) is 3.51. The van der Waals surface area contributed by atoms with E-state index >= 15 is 0 Å². The molecule has 0 heterocycles. The summed E-state index contributed by atoms with van der Waals surface area (Å²) in [5.74, 6) is -0.194. The van der Waals surface area contributed by atoms with Crippen molar-refractivity contribution in [2.45, 2.75) is 26.2 Å². The van der Waals surface area contributed by atoms with Crippen LogP contribution < -0.4 is 0 Å². The SMILES string of the molecule is C/C=C\C/C=C/CCc1ccc(-c2ccc(F)cc2)cc1. The predicted octanol–water partition coefficient (Wildman–Crippen LogP) is 5.95. The Labute approximate surface area is 126 Å². The third-order valence-corrected chi connectivity index (χ3v) is 3.41. The van der Waals surface area contributed by atoms with E-state index < -0.39 is 0 Å². The number of allylic oxidation sites excluding steroid dienone is 4. The molecule has 0 N–H and O–H groups in total. The molecule has 0 bridgehead atoms. The van der Waals surface area contributed by atoms with Crippen LogP contribution in [0.3, 0.4) is 0 Å². The molecule has 108 valence electrons. The molecule has 0 radical (unpaired) electrons. The van der Waals surface area contributed by atoms with Crippen LogP contribution in [0.25, 0.3) is 11.1 Å². The predicted molar refractivity (Wildman–Crippen MR) is 88.7 cm³/mol. The van der Waals surface area contributed by atoms with Crippen molar-refractivity contribution < 1.29 is 4.39 Å². The molecule has 0 saturated heterocycles. The lowest BCUT2D eigenvalue weighted by Gasteiger charge is -2.04. The molecule has 0 unspecified atom stereocenters. The molecule has 2 aromatic rings. The van der Waals surface area contributed by atoms with Gasteiger partial charge in [-0.05, 0) is 55.0 Å². The van der Waals surface area contributed by atoms with Gasteiger partial charge < -0.3 is 0 Å². The maximum Gasteiger partial charge on any atom is 0.123 e. The van der Waals surface area contributed by atoms with Gasteiger partial charge in [0.25, 0.3) is 0 Å². The Balaban J connectivity index is 1.90. The minimum absolute atomic E-state index is 0.194. The van der Waals surface area contributed by atoms with Gasteiger partial charge in [0.2, 0.25) is 0 Å². The van der Waals surface area contributed by atoms with Crippen molar-refractivity contribution in [3.63, 3.8) is 0 Å². The fourth-order valence-corrected chi connectivity index (χ4v) is 2.18. The zero-order chi connectivity index (χ0) is 14.9. The lowest BCUT2D eigenvalue weighted by atomic mass is 10.0. The molecule has 0 saturated carbocycles. The third-order valence-electron chi connectivity index (χ3n) is 3.41. The average molecular weight is 280 g/mol. The van der Waals surface area contributed by atoms with Crippen molar-refractivity contribution in [1.82, 2.24) is 0 Å². The van der Waals surface area contributed by atoms with E-state index in [1.807, 2.05) is 19.1 Å². The van der Waals surface area contributed by atoms with Crippen LogP contribution in [-0.2, 0) is 6.42 Å². The molecule has 0 spiro atoms. The molecule has 21 heavy (non-hydrogen) atoms. The summed E-state index contributed by atoms with van der Waals surface area (Å²) in [6.45, 7) is 2.04. The average Bonchev–Trinajstić information content (AvgIpc) is 2.52. The molecule has 2 aromatic carbocycles. The first-order chi connectivity index (χ1) is 10.3. The van der Waals surface area contributed by atoms with Crippen LogP contribution in [-0.4, -0.2) is 0 Å². The topological polar surface area (TPSA) is 0 Å². The second-order valence-electron chi connectivity index (χ2n) is 5.02. The summed E-state index contributed by atoms with van der Waals surface area (Å²) in [6.07, 6.45) is 11.8. The van der Waals surface area contributed by atoms with Crippen molar-refractivity contribution >= 4 is 0 Å². The van der Waals surface area contributed by atoms with Crippen LogP contribution >= 0.6 is 0 Å². The summed E-state index contributed by atoms with van der Waals surface area (Å²) < 4.78 is 12.9. The van der Waals surface area contributed by atoms with Crippen LogP contribution in [0.2, 0.25) is 0 Å². The molecule has 0 aromatic heterocycles.